The standard InChI is InChI=1S/3C20H29NO3.3C19H27NO3/c3*1-5-13(2)8-15-12-21-7-6-14-9-19(23-3)20(24-4)10-16(14)17(21)11-18(15)22;3*1-12(2)7-14-11-20-6-5-13-8-18(22-3)19(23-4)9-15(13)16(20)10-17(14)21/h3*9-10,13,15,17H,5-8,11-12H2,1-4H3;3*8-9,12,14,16H,5-7,10-11H2,1-4H3/i2D3,3D3,4D3,5D2,6D2,7D2,8D2,11D2,13D,15D,17D;2D3,3D3,4D3,5D2,8D2,11D2,12D2,13D,15D;2D3,3D3,4D3,5D2,6D2,7D2,8D2,13D,17D;3D3,4D3,5D2,6D2,10D2,14D,16D;3D3,4D3,10D2,11D2,14D;3D3,4D3,5D2,6D2,16D. The maximum absolute atomic E-state index is 14.0. The first-order valence-electron chi connectivity index (χ1n) is 91.4. The summed E-state index contributed by atoms with van der Waals surface area (Å²) in [4.78, 5) is 84.5. The van der Waals surface area contributed by atoms with E-state index in [-0.39, 0.29) is 95.2 Å². The van der Waals surface area contributed by atoms with Gasteiger partial charge in [0.15, 0.2) is 69.0 Å². The molecule has 6 aromatic rings. The predicted molar refractivity (Wildman–Crippen MR) is 555 cm³/mol. The predicted octanol–water partition coefficient (Wildman–Crippen LogP) is 20.6. The van der Waals surface area contributed by atoms with E-state index in [0.717, 1.165) is 46.2 Å². The number of nitrogens with zero attached hydrogens (tertiary/aromatic N) is 6. The Kier molecular flexibility index (Phi) is 13.9. The minimum Gasteiger partial charge on any atom is -0.493 e. The Morgan fingerprint density at radius 2 is 0.603 bits per heavy atom. The van der Waals surface area contributed by atoms with Crippen molar-refractivity contribution in [2.45, 2.75) is 253 Å². The topological polar surface area (TPSA) is 233 Å². The van der Waals surface area contributed by atoms with E-state index >= 15 is 0 Å². The van der Waals surface area contributed by atoms with E-state index in [1.54, 1.807) is 27.7 Å². The van der Waals surface area contributed by atoms with Gasteiger partial charge in [-0.3, -0.25) is 58.2 Å². The average Bonchev–Trinajstić information content (AvgIpc) is 0.647. The maximum Gasteiger partial charge on any atom is 0.161 e. The SMILES string of the molecule is [2H]C([2H])([2H])Oc1cc2c(cc1OC([2H])([2H])[2H])C([2H])([2H])C([2H])([2H])N1CC(C([2H])([2H])C([2H])(C([2H])([2H])[2H])C([2H])([2H])C)C(=O)CC21[2H].[2H]C([2H])([2H])Oc1cc2c(cc1OC([2H])([2H])[2H])C([2H])([2H])C([2H])([2H])N1CC(CC(C)C)C(=O)CC21[2H].[2H]C([2H])([2H])Oc1cc2c(cc1OC([2H])([2H])[2H])C1([2H])N(CC([2H])(C([2H])([2H])C([2H])(C([2H])([2H])[2H])C([2H])([2H])C)C(=O)C1([2H])[2H])C([2H])([2H])C2([2H])[2H].[2H]C([2H])([2H])Oc1cc2c(cc1OC([2H])([2H])[2H])C1([2H])N(CC([2H])(CC(C)C)C(=O)C1([2H])[2H])C([2H])([2H])C2([2H])[2H].[2H]C([2H])([2H])Oc1cc2c(cc1OC([2H])([2H])[2H])C1N(CC2)C([2H])([2H])C([2H])(C([2H])([2H])C([2H])(C([2H])([2H])[2H])C([2H])([2H])C)C(=O)C1([2H])[2H].[2H]C([2H])([2H])Oc1cc2c(cc1OC([2H])([2H])[2H])C1N(CC2)C([2H])([2H])C([2H])(CC(C)C)C(=O)C1([2H])[2H]. The summed E-state index contributed by atoms with van der Waals surface area (Å²) in [5.41, 5.74) is -5.01. The molecule has 15 atom stereocenters. The fourth-order valence-electron chi connectivity index (χ4n) is 16.7. The molecule has 24 nitrogen and oxygen atoms in total. The molecule has 0 radical (unpaired) electrons. The summed E-state index contributed by atoms with van der Waals surface area (Å²) in [6, 6.07) is -5.05. The number of methoxy groups -OCH3 is 12. The number of carbonyl (C=O) groups excluding carboxylic acids is 6. The third kappa shape index (κ3) is 25.6. The van der Waals surface area contributed by atoms with E-state index in [2.05, 4.69) is 0 Å². The molecule has 15 unspecified atom stereocenters. The van der Waals surface area contributed by atoms with Gasteiger partial charge in [-0.2, -0.15) is 0 Å². The molecule has 0 aromatic heterocycles. The van der Waals surface area contributed by atoms with Gasteiger partial charge in [0.1, 0.15) is 34.7 Å². The lowest BCUT2D eigenvalue weighted by Crippen LogP contribution is -2.46. The summed E-state index contributed by atoms with van der Waals surface area (Å²) in [7, 11) is -37.7. The molecular formula is C117H168N6O18. The van der Waals surface area contributed by atoms with Gasteiger partial charge in [0.05, 0.1) is 139 Å². The van der Waals surface area contributed by atoms with Gasteiger partial charge in [0.25, 0.3) is 0 Å². The highest BCUT2D eigenvalue weighted by atomic mass is 16.5. The number of ether oxygens (including phenoxy) is 12. The van der Waals surface area contributed by atoms with Crippen LogP contribution in [0.3, 0.4) is 0 Å². The Hall–Kier alpha value is -9.30. The second kappa shape index (κ2) is 50.0. The molecule has 0 amide bonds. The molecule has 0 spiro atoms. The number of carbonyl (C=O) groups is 6. The fourth-order valence-corrected chi connectivity index (χ4v) is 16.7. The maximum atomic E-state index is 14.0. The normalized spacial score (nSPS) is 46.5. The molecule has 0 bridgehead atoms. The molecular weight excluding hydrogens is 1780 g/mol. The van der Waals surface area contributed by atoms with Gasteiger partial charge >= 0.3 is 0 Å². The Morgan fingerprint density at radius 1 is 0.319 bits per heavy atom. The zero-order valence-electron chi connectivity index (χ0n) is 173. The Labute approximate surface area is 977 Å². The van der Waals surface area contributed by atoms with Crippen LogP contribution in [0.5, 0.6) is 69.0 Å². The molecule has 0 saturated carbocycles. The minimum atomic E-state index is -4.20. The fraction of sp³-hybridized carbons (Fsp3) is 0.641. The summed E-state index contributed by atoms with van der Waals surface area (Å²) in [5.74, 6) is -44.4. The lowest BCUT2D eigenvalue weighted by Gasteiger charge is -2.43. The van der Waals surface area contributed by atoms with Gasteiger partial charge in [0.2, 0.25) is 0 Å². The summed E-state index contributed by atoms with van der Waals surface area (Å²) >= 11 is 0. The van der Waals surface area contributed by atoms with Crippen LogP contribution in [0.1, 0.15) is 413 Å². The average molecular weight is 2040 g/mol. The Morgan fingerprint density at radius 3 is 0.965 bits per heavy atom. The van der Waals surface area contributed by atoms with Gasteiger partial charge in [0, 0.05) is 265 Å². The Bertz CT molecular complexity index is 9760. The van der Waals surface area contributed by atoms with Crippen LogP contribution in [-0.4, -0.2) is 227 Å². The van der Waals surface area contributed by atoms with Crippen molar-refractivity contribution < 1.29 is 217 Å². The van der Waals surface area contributed by atoms with Crippen molar-refractivity contribution in [2.24, 2.45) is 70.8 Å². The highest BCUT2D eigenvalue weighted by Gasteiger charge is 2.47. The lowest BCUT2D eigenvalue weighted by atomic mass is 9.79. The van der Waals surface area contributed by atoms with Crippen molar-refractivity contribution in [3.63, 3.8) is 0 Å². The molecule has 6 saturated heterocycles. The van der Waals surface area contributed by atoms with E-state index in [1.165, 1.54) is 6.07 Å². The van der Waals surface area contributed by atoms with E-state index in [1.807, 2.05) is 13.8 Å². The number of benzene rings is 6. The van der Waals surface area contributed by atoms with Crippen LogP contribution < -0.4 is 56.8 Å². The summed E-state index contributed by atoms with van der Waals surface area (Å²) in [6.45, 7) is -22.9. The van der Waals surface area contributed by atoms with Crippen molar-refractivity contribution in [1.29, 1.82) is 0 Å². The quantitative estimate of drug-likeness (QED) is 0.0466. The van der Waals surface area contributed by atoms with Gasteiger partial charge in [-0.1, -0.05) is 102 Å². The van der Waals surface area contributed by atoms with Gasteiger partial charge < -0.3 is 56.8 Å². The summed E-state index contributed by atoms with van der Waals surface area (Å²) in [6.07, 6.45) is -49.3. The van der Waals surface area contributed by atoms with Crippen LogP contribution in [0.2, 0.25) is 0 Å². The largest absolute Gasteiger partial charge is 0.493 e. The second-order valence-electron chi connectivity index (χ2n) is 33.9. The van der Waals surface area contributed by atoms with Crippen molar-refractivity contribution in [3.05, 3.63) is 140 Å². The van der Waals surface area contributed by atoms with Crippen LogP contribution in [0.25, 0.3) is 0 Å². The molecule has 0 aliphatic carbocycles. The third-order valence-electron chi connectivity index (χ3n) is 23.4. The first kappa shape index (κ1) is 39.2. The highest BCUT2D eigenvalue weighted by molar-refractivity contribution is 5.86. The molecule has 12 heterocycles. The van der Waals surface area contributed by atoms with Crippen LogP contribution in [-0.2, 0) is 67.1 Å². The van der Waals surface area contributed by atoms with Crippen LogP contribution in [0.4, 0.5) is 0 Å². The summed E-state index contributed by atoms with van der Waals surface area (Å²) < 4.78 is 834. The molecule has 18 rings (SSSR count). The molecule has 141 heavy (non-hydrogen) atoms. The minimum absolute atomic E-state index is 0.0527. The van der Waals surface area contributed by atoms with Gasteiger partial charge in [-0.15, -0.1) is 0 Å². The molecule has 774 valence electrons. The number of aryl methyl sites for hydroxylation is 4. The lowest BCUT2D eigenvalue weighted by molar-refractivity contribution is -0.130. The first-order chi connectivity index (χ1) is 104. The number of Topliss-reactive ketones (excluding diaryl/α,β-unsaturated/α-hetero) is 6. The number of fused-ring (bicyclic) bond motifs is 18. The van der Waals surface area contributed by atoms with Crippen molar-refractivity contribution >= 4 is 34.7 Å². The number of ketones is 6. The van der Waals surface area contributed by atoms with E-state index in [9.17, 15) is 31.5 Å². The third-order valence-corrected chi connectivity index (χ3v) is 23.4. The first-order valence-corrected chi connectivity index (χ1v) is 43.4. The van der Waals surface area contributed by atoms with E-state index in [0.29, 0.717) is 77.8 Å². The van der Waals surface area contributed by atoms with Crippen LogP contribution in [0.15, 0.2) is 72.8 Å². The monoisotopic (exact) mass is 2040 g/mol. The number of piperidine rings is 6. The van der Waals surface area contributed by atoms with Crippen molar-refractivity contribution in [3.8, 4) is 69.0 Å². The van der Waals surface area contributed by atoms with Gasteiger partial charge in [-0.05, 0) is 252 Å². The van der Waals surface area contributed by atoms with Gasteiger partial charge in [-0.25, -0.2) is 0 Å². The smallest absolute Gasteiger partial charge is 0.161 e. The second-order valence-corrected chi connectivity index (χ2v) is 33.9. The zero-order valence-corrected chi connectivity index (χ0v) is 77.2. The number of hydrogen-bond acceptors (Lipinski definition) is 24. The van der Waals surface area contributed by atoms with Crippen molar-refractivity contribution in [2.75, 3.05) is 163 Å². The molecule has 12 aliphatic heterocycles. The zero-order chi connectivity index (χ0) is 185. The Balaban J connectivity index is 0.000000225. The number of rotatable bonds is 27. The molecule has 6 fully saturated rings. The van der Waals surface area contributed by atoms with Crippen molar-refractivity contribution in [1.82, 2.24) is 29.4 Å². The molecule has 12 aliphatic rings. The molecule has 6 aromatic carbocycles. The van der Waals surface area contributed by atoms with E-state index < -0.39 is 493 Å². The number of hydrogen-bond donors (Lipinski definition) is 0. The molecule has 24 heteroatoms. The summed E-state index contributed by atoms with van der Waals surface area (Å²) in [5, 5.41) is 0. The molecule has 0 N–H and O–H groups in total. The van der Waals surface area contributed by atoms with Crippen LogP contribution >= 0.6 is 0 Å². The highest BCUT2D eigenvalue weighted by Crippen LogP contribution is 2.51. The van der Waals surface area contributed by atoms with E-state index in [4.69, 9.17) is 186 Å². The van der Waals surface area contributed by atoms with Crippen LogP contribution in [0, 0.1) is 70.8 Å².